The molecule has 1 aromatic carbocycles. The third-order valence-electron chi connectivity index (χ3n) is 4.96. The molecule has 2 aromatic rings. The van der Waals surface area contributed by atoms with Gasteiger partial charge in [0.05, 0.1) is 26.9 Å². The first-order valence-corrected chi connectivity index (χ1v) is 10.1. The lowest BCUT2D eigenvalue weighted by Crippen LogP contribution is -2.32. The van der Waals surface area contributed by atoms with E-state index in [1.54, 1.807) is 18.2 Å². The number of alkyl halides is 3. The van der Waals surface area contributed by atoms with Crippen molar-refractivity contribution < 1.29 is 18.0 Å². The van der Waals surface area contributed by atoms with Gasteiger partial charge in [-0.25, -0.2) is 4.98 Å². The van der Waals surface area contributed by atoms with Gasteiger partial charge in [-0.15, -0.1) is 0 Å². The van der Waals surface area contributed by atoms with E-state index in [9.17, 15) is 18.0 Å². The Morgan fingerprint density at radius 1 is 1.14 bits per heavy atom. The topological polar surface area (TPSA) is 54.0 Å². The van der Waals surface area contributed by atoms with Crippen LogP contribution >= 0.6 is 23.2 Å². The molecule has 0 spiro atoms. The Balaban J connectivity index is 1.91. The standard InChI is InChI=1S/C20H20Cl2F3N3O/c21-14-7-4-8-15(17(14)22)28-18-16(13(9-10-26-18)20(23,24)25)19(29)27-11-12-5-2-1-3-6-12/h4,7-10,12H,1-3,5-6,11H2,(H,26,28)(H,27,29). The Kier molecular flexibility index (Phi) is 6.90. The van der Waals surface area contributed by atoms with Gasteiger partial charge in [0.25, 0.3) is 5.91 Å². The smallest absolute Gasteiger partial charge is 0.352 e. The Labute approximate surface area is 176 Å². The van der Waals surface area contributed by atoms with Crippen molar-refractivity contribution in [1.29, 1.82) is 0 Å². The van der Waals surface area contributed by atoms with E-state index in [-0.39, 0.29) is 27.5 Å². The van der Waals surface area contributed by atoms with Crippen LogP contribution in [0.1, 0.15) is 48.0 Å². The normalized spacial score (nSPS) is 15.2. The molecule has 1 aromatic heterocycles. The molecule has 1 saturated carbocycles. The SMILES string of the molecule is O=C(NCC1CCCCC1)c1c(C(F)(F)F)ccnc1Nc1cccc(Cl)c1Cl. The van der Waals surface area contributed by atoms with Crippen molar-refractivity contribution >= 4 is 40.6 Å². The van der Waals surface area contributed by atoms with Crippen molar-refractivity contribution in [3.8, 4) is 0 Å². The molecular formula is C20H20Cl2F3N3O. The molecular weight excluding hydrogens is 426 g/mol. The number of halogens is 5. The first kappa shape index (κ1) is 21.7. The minimum Gasteiger partial charge on any atom is -0.352 e. The van der Waals surface area contributed by atoms with Crippen LogP contribution in [0.4, 0.5) is 24.7 Å². The number of benzene rings is 1. The fourth-order valence-electron chi connectivity index (χ4n) is 3.47. The van der Waals surface area contributed by atoms with Crippen LogP contribution in [0.15, 0.2) is 30.5 Å². The van der Waals surface area contributed by atoms with Gasteiger partial charge in [0.15, 0.2) is 0 Å². The Morgan fingerprint density at radius 2 is 1.86 bits per heavy atom. The highest BCUT2D eigenvalue weighted by Crippen LogP contribution is 2.37. The van der Waals surface area contributed by atoms with Crippen molar-refractivity contribution in [2.24, 2.45) is 5.92 Å². The van der Waals surface area contributed by atoms with E-state index in [0.29, 0.717) is 6.54 Å². The predicted molar refractivity (Wildman–Crippen MR) is 108 cm³/mol. The quantitative estimate of drug-likeness (QED) is 0.554. The molecule has 1 amide bonds. The van der Waals surface area contributed by atoms with Crippen molar-refractivity contribution in [1.82, 2.24) is 10.3 Å². The van der Waals surface area contributed by atoms with E-state index in [1.165, 1.54) is 0 Å². The predicted octanol–water partition coefficient (Wildman–Crippen LogP) is 6.46. The van der Waals surface area contributed by atoms with E-state index < -0.39 is 23.2 Å². The molecule has 9 heteroatoms. The molecule has 0 radical (unpaired) electrons. The van der Waals surface area contributed by atoms with Crippen LogP contribution in [0, 0.1) is 5.92 Å². The van der Waals surface area contributed by atoms with E-state index in [4.69, 9.17) is 23.2 Å². The molecule has 3 rings (SSSR count). The second-order valence-corrected chi connectivity index (χ2v) is 7.81. The number of pyridine rings is 1. The van der Waals surface area contributed by atoms with Gasteiger partial charge >= 0.3 is 6.18 Å². The molecule has 0 unspecified atom stereocenters. The van der Waals surface area contributed by atoms with E-state index >= 15 is 0 Å². The van der Waals surface area contributed by atoms with Gasteiger partial charge in [0, 0.05) is 12.7 Å². The highest BCUT2D eigenvalue weighted by atomic mass is 35.5. The highest BCUT2D eigenvalue weighted by molar-refractivity contribution is 6.43. The molecule has 1 aliphatic rings. The van der Waals surface area contributed by atoms with Crippen LogP contribution in [0.5, 0.6) is 0 Å². The monoisotopic (exact) mass is 445 g/mol. The van der Waals surface area contributed by atoms with Crippen LogP contribution in [0.3, 0.4) is 0 Å². The maximum atomic E-state index is 13.6. The van der Waals surface area contributed by atoms with Crippen LogP contribution < -0.4 is 10.6 Å². The fourth-order valence-corrected chi connectivity index (χ4v) is 3.81. The summed E-state index contributed by atoms with van der Waals surface area (Å²) in [7, 11) is 0. The zero-order valence-corrected chi connectivity index (χ0v) is 17.0. The van der Waals surface area contributed by atoms with Crippen molar-refractivity contribution in [2.45, 2.75) is 38.3 Å². The lowest BCUT2D eigenvalue weighted by atomic mass is 9.89. The first-order valence-electron chi connectivity index (χ1n) is 9.33. The molecule has 1 aliphatic carbocycles. The third kappa shape index (κ3) is 5.34. The maximum absolute atomic E-state index is 13.6. The van der Waals surface area contributed by atoms with E-state index in [2.05, 4.69) is 15.6 Å². The summed E-state index contributed by atoms with van der Waals surface area (Å²) in [6.07, 6.45) is 1.50. The zero-order chi connectivity index (χ0) is 21.0. The summed E-state index contributed by atoms with van der Waals surface area (Å²) in [5.74, 6) is -0.778. The average molecular weight is 446 g/mol. The molecule has 0 bridgehead atoms. The van der Waals surface area contributed by atoms with Gasteiger partial charge in [-0.05, 0) is 37.0 Å². The van der Waals surface area contributed by atoms with Crippen molar-refractivity contribution in [3.63, 3.8) is 0 Å². The van der Waals surface area contributed by atoms with Gasteiger partial charge < -0.3 is 10.6 Å². The second-order valence-electron chi connectivity index (χ2n) is 7.02. The number of anilines is 2. The third-order valence-corrected chi connectivity index (χ3v) is 5.78. The van der Waals surface area contributed by atoms with Crippen LogP contribution in [-0.2, 0) is 6.18 Å². The van der Waals surface area contributed by atoms with Crippen LogP contribution in [-0.4, -0.2) is 17.4 Å². The second kappa shape index (κ2) is 9.22. The number of carbonyl (C=O) groups is 1. The summed E-state index contributed by atoms with van der Waals surface area (Å²) in [5.41, 5.74) is -1.37. The first-order chi connectivity index (χ1) is 13.8. The number of nitrogens with one attached hydrogen (secondary N) is 2. The summed E-state index contributed by atoms with van der Waals surface area (Å²) in [5, 5.41) is 5.74. The van der Waals surface area contributed by atoms with Crippen molar-refractivity contribution in [2.75, 3.05) is 11.9 Å². The molecule has 0 saturated heterocycles. The number of hydrogen-bond donors (Lipinski definition) is 2. The number of aromatic nitrogens is 1. The minimum atomic E-state index is -4.71. The van der Waals surface area contributed by atoms with Gasteiger partial charge in [0.2, 0.25) is 0 Å². The number of amides is 1. The fraction of sp³-hybridized carbons (Fsp3) is 0.400. The van der Waals surface area contributed by atoms with Crippen LogP contribution in [0.25, 0.3) is 0 Å². The summed E-state index contributed by atoms with van der Waals surface area (Å²) >= 11 is 12.1. The molecule has 4 nitrogen and oxygen atoms in total. The number of hydrogen-bond acceptors (Lipinski definition) is 3. The lowest BCUT2D eigenvalue weighted by Gasteiger charge is -2.23. The Morgan fingerprint density at radius 3 is 2.55 bits per heavy atom. The molecule has 156 valence electrons. The molecule has 1 fully saturated rings. The summed E-state index contributed by atoms with van der Waals surface area (Å²) in [4.78, 5) is 16.7. The van der Waals surface area contributed by atoms with Crippen molar-refractivity contribution in [3.05, 3.63) is 51.6 Å². The van der Waals surface area contributed by atoms with Gasteiger partial charge in [-0.1, -0.05) is 48.5 Å². The minimum absolute atomic E-state index is 0.127. The Hall–Kier alpha value is -1.99. The van der Waals surface area contributed by atoms with E-state index in [1.807, 2.05) is 0 Å². The van der Waals surface area contributed by atoms with Gasteiger partial charge in [-0.2, -0.15) is 13.2 Å². The van der Waals surface area contributed by atoms with E-state index in [0.717, 1.165) is 44.4 Å². The summed E-state index contributed by atoms with van der Waals surface area (Å²) in [6.45, 7) is 0.336. The van der Waals surface area contributed by atoms with Gasteiger partial charge in [0.1, 0.15) is 5.82 Å². The average Bonchev–Trinajstić information content (AvgIpc) is 2.69. The van der Waals surface area contributed by atoms with Gasteiger partial charge in [-0.3, -0.25) is 4.79 Å². The highest BCUT2D eigenvalue weighted by Gasteiger charge is 2.37. The number of carbonyl (C=O) groups excluding carboxylic acids is 1. The molecule has 0 aliphatic heterocycles. The Bertz CT molecular complexity index is 884. The molecule has 1 heterocycles. The molecule has 0 atom stereocenters. The summed E-state index contributed by atoms with van der Waals surface area (Å²) < 4.78 is 40.7. The number of rotatable bonds is 5. The van der Waals surface area contributed by atoms with Crippen LogP contribution in [0.2, 0.25) is 10.0 Å². The summed E-state index contributed by atoms with van der Waals surface area (Å²) in [6, 6.07) is 5.47. The molecule has 29 heavy (non-hydrogen) atoms. The largest absolute Gasteiger partial charge is 0.417 e. The zero-order valence-electron chi connectivity index (χ0n) is 15.5. The lowest BCUT2D eigenvalue weighted by molar-refractivity contribution is -0.137. The number of nitrogens with zero attached hydrogens (tertiary/aromatic N) is 1. The molecule has 2 N–H and O–H groups in total. The maximum Gasteiger partial charge on any atom is 0.417 e.